The van der Waals surface area contributed by atoms with Gasteiger partial charge in [0.05, 0.1) is 23.5 Å². The molecule has 162 valence electrons. The maximum Gasteiger partial charge on any atom is 0.227 e. The first-order valence-electron chi connectivity index (χ1n) is 11.3. The zero-order valence-corrected chi connectivity index (χ0v) is 18.6. The number of carbonyl (C=O) groups is 1. The van der Waals surface area contributed by atoms with Gasteiger partial charge >= 0.3 is 0 Å². The maximum atomic E-state index is 13.2. The van der Waals surface area contributed by atoms with Crippen LogP contribution in [-0.4, -0.2) is 26.6 Å². The van der Waals surface area contributed by atoms with E-state index in [4.69, 9.17) is 9.84 Å². The fraction of sp³-hybridized carbons (Fsp3) is 0.385. The van der Waals surface area contributed by atoms with Gasteiger partial charge in [-0.1, -0.05) is 49.7 Å². The van der Waals surface area contributed by atoms with Gasteiger partial charge in [0.1, 0.15) is 5.75 Å². The predicted molar refractivity (Wildman–Crippen MR) is 122 cm³/mol. The standard InChI is InChI=1S/C26H31N3O2/c1-4-19(2)28(25(30)21-12-11-13-21)18-24-20(3)27-29(22-14-7-5-8-15-22)26(24)31-23-16-9-6-10-17-23/h5-10,14-17,19,21H,4,11-13,18H2,1-3H3/t19-/m1/s1. The van der Waals surface area contributed by atoms with Crippen molar-refractivity contribution in [2.24, 2.45) is 5.92 Å². The molecule has 3 aromatic rings. The smallest absolute Gasteiger partial charge is 0.227 e. The van der Waals surface area contributed by atoms with Gasteiger partial charge in [0.15, 0.2) is 0 Å². The van der Waals surface area contributed by atoms with Crippen LogP contribution in [0.25, 0.3) is 5.69 Å². The van der Waals surface area contributed by atoms with Gasteiger partial charge in [0, 0.05) is 12.0 Å². The minimum Gasteiger partial charge on any atom is -0.439 e. The first kappa shape index (κ1) is 21.2. The van der Waals surface area contributed by atoms with Crippen LogP contribution in [0.5, 0.6) is 11.6 Å². The molecule has 1 aliphatic rings. The van der Waals surface area contributed by atoms with Gasteiger partial charge in [0.25, 0.3) is 0 Å². The Kier molecular flexibility index (Phi) is 6.40. The summed E-state index contributed by atoms with van der Waals surface area (Å²) in [6.07, 6.45) is 4.07. The van der Waals surface area contributed by atoms with Gasteiger partial charge in [-0.2, -0.15) is 5.10 Å². The molecule has 1 saturated carbocycles. The van der Waals surface area contributed by atoms with Crippen molar-refractivity contribution in [3.63, 3.8) is 0 Å². The van der Waals surface area contributed by atoms with Gasteiger partial charge in [-0.3, -0.25) is 4.79 Å². The number of rotatable bonds is 8. The van der Waals surface area contributed by atoms with E-state index in [2.05, 4.69) is 13.8 Å². The molecule has 0 spiro atoms. The lowest BCUT2D eigenvalue weighted by molar-refractivity contribution is -0.141. The van der Waals surface area contributed by atoms with Crippen LogP contribution < -0.4 is 4.74 Å². The van der Waals surface area contributed by atoms with Gasteiger partial charge in [-0.05, 0) is 57.4 Å². The zero-order chi connectivity index (χ0) is 21.8. The summed E-state index contributed by atoms with van der Waals surface area (Å²) >= 11 is 0. The molecule has 0 aliphatic heterocycles. The van der Waals surface area contributed by atoms with Crippen LogP contribution in [0.3, 0.4) is 0 Å². The maximum absolute atomic E-state index is 13.2. The SMILES string of the molecule is CC[C@@H](C)N(Cc1c(C)nn(-c2ccccc2)c1Oc1ccccc1)C(=O)C1CCC1. The molecule has 1 amide bonds. The third kappa shape index (κ3) is 4.50. The summed E-state index contributed by atoms with van der Waals surface area (Å²) in [7, 11) is 0. The molecule has 1 aliphatic carbocycles. The van der Waals surface area contributed by atoms with Crippen molar-refractivity contribution in [1.29, 1.82) is 0 Å². The number of aryl methyl sites for hydroxylation is 1. The minimum absolute atomic E-state index is 0.164. The second kappa shape index (κ2) is 9.38. The van der Waals surface area contributed by atoms with E-state index in [0.29, 0.717) is 12.4 Å². The molecule has 4 rings (SSSR count). The van der Waals surface area contributed by atoms with Crippen LogP contribution in [0.1, 0.15) is 50.8 Å². The van der Waals surface area contributed by atoms with Gasteiger partial charge < -0.3 is 9.64 Å². The van der Waals surface area contributed by atoms with Crippen LogP contribution in [0.2, 0.25) is 0 Å². The van der Waals surface area contributed by atoms with Crippen LogP contribution in [-0.2, 0) is 11.3 Å². The third-order valence-electron chi connectivity index (χ3n) is 6.28. The Hall–Kier alpha value is -3.08. The Morgan fingerprint density at radius 1 is 1.13 bits per heavy atom. The van der Waals surface area contributed by atoms with Crippen molar-refractivity contribution in [2.75, 3.05) is 0 Å². The van der Waals surface area contributed by atoms with E-state index in [0.717, 1.165) is 48.4 Å². The normalized spacial score (nSPS) is 14.7. The number of aromatic nitrogens is 2. The Morgan fingerprint density at radius 2 is 1.77 bits per heavy atom. The van der Waals surface area contributed by atoms with Crippen LogP contribution in [0.15, 0.2) is 60.7 Å². The van der Waals surface area contributed by atoms with Crippen molar-refractivity contribution < 1.29 is 9.53 Å². The summed E-state index contributed by atoms with van der Waals surface area (Å²) in [5, 5.41) is 4.81. The van der Waals surface area contributed by atoms with E-state index < -0.39 is 0 Å². The molecule has 31 heavy (non-hydrogen) atoms. The molecule has 5 heteroatoms. The first-order valence-corrected chi connectivity index (χ1v) is 11.3. The predicted octanol–water partition coefficient (Wildman–Crippen LogP) is 5.90. The van der Waals surface area contributed by atoms with E-state index >= 15 is 0 Å². The largest absolute Gasteiger partial charge is 0.439 e. The lowest BCUT2D eigenvalue weighted by atomic mass is 9.84. The van der Waals surface area contributed by atoms with E-state index in [1.807, 2.05) is 77.2 Å². The summed E-state index contributed by atoms with van der Waals surface area (Å²) in [5.41, 5.74) is 2.77. The van der Waals surface area contributed by atoms with E-state index in [1.165, 1.54) is 0 Å². The van der Waals surface area contributed by atoms with Crippen LogP contribution in [0.4, 0.5) is 0 Å². The number of ether oxygens (including phenoxy) is 1. The molecule has 5 nitrogen and oxygen atoms in total. The summed E-state index contributed by atoms with van der Waals surface area (Å²) in [5.74, 6) is 1.85. The lowest BCUT2D eigenvalue weighted by Crippen LogP contribution is -2.43. The average Bonchev–Trinajstić information content (AvgIpc) is 3.06. The number of amides is 1. The van der Waals surface area contributed by atoms with E-state index in [-0.39, 0.29) is 17.9 Å². The van der Waals surface area contributed by atoms with E-state index in [1.54, 1.807) is 0 Å². The topological polar surface area (TPSA) is 47.4 Å². The van der Waals surface area contributed by atoms with Crippen LogP contribution in [0, 0.1) is 12.8 Å². The molecular formula is C26H31N3O2. The Morgan fingerprint density at radius 3 is 2.35 bits per heavy atom. The molecule has 1 aromatic heterocycles. The highest BCUT2D eigenvalue weighted by Gasteiger charge is 2.33. The quantitative estimate of drug-likeness (QED) is 0.458. The van der Waals surface area contributed by atoms with Crippen molar-refractivity contribution >= 4 is 5.91 Å². The number of benzene rings is 2. The molecule has 1 heterocycles. The molecule has 0 unspecified atom stereocenters. The van der Waals surface area contributed by atoms with Crippen molar-refractivity contribution in [2.45, 2.75) is 59.0 Å². The summed E-state index contributed by atoms with van der Waals surface area (Å²) in [4.78, 5) is 15.3. The van der Waals surface area contributed by atoms with Gasteiger partial charge in [-0.25, -0.2) is 4.68 Å². The first-order chi connectivity index (χ1) is 15.1. The average molecular weight is 418 g/mol. The molecule has 0 radical (unpaired) electrons. The van der Waals surface area contributed by atoms with Gasteiger partial charge in [-0.15, -0.1) is 0 Å². The Balaban J connectivity index is 1.74. The Bertz CT molecular complexity index is 1010. The fourth-order valence-electron chi connectivity index (χ4n) is 3.90. The molecule has 2 aromatic carbocycles. The number of para-hydroxylation sites is 2. The number of nitrogens with zero attached hydrogens (tertiary/aromatic N) is 3. The summed E-state index contributed by atoms with van der Waals surface area (Å²) in [6.45, 7) is 6.76. The Labute approximate surface area is 184 Å². The second-order valence-electron chi connectivity index (χ2n) is 8.38. The highest BCUT2D eigenvalue weighted by atomic mass is 16.5. The lowest BCUT2D eigenvalue weighted by Gasteiger charge is -2.35. The molecule has 0 N–H and O–H groups in total. The molecule has 1 atom stereocenters. The third-order valence-corrected chi connectivity index (χ3v) is 6.28. The monoisotopic (exact) mass is 417 g/mol. The van der Waals surface area contributed by atoms with Crippen molar-refractivity contribution in [3.05, 3.63) is 71.9 Å². The minimum atomic E-state index is 0.164. The highest BCUT2D eigenvalue weighted by Crippen LogP contribution is 2.34. The summed E-state index contributed by atoms with van der Waals surface area (Å²) < 4.78 is 8.22. The van der Waals surface area contributed by atoms with Crippen molar-refractivity contribution in [1.82, 2.24) is 14.7 Å². The second-order valence-corrected chi connectivity index (χ2v) is 8.38. The summed E-state index contributed by atoms with van der Waals surface area (Å²) in [6, 6.07) is 19.9. The van der Waals surface area contributed by atoms with Crippen LogP contribution >= 0.6 is 0 Å². The van der Waals surface area contributed by atoms with Crippen molar-refractivity contribution in [3.8, 4) is 17.3 Å². The number of hydrogen-bond donors (Lipinski definition) is 0. The highest BCUT2D eigenvalue weighted by molar-refractivity contribution is 5.80. The zero-order valence-electron chi connectivity index (χ0n) is 18.6. The number of hydrogen-bond acceptors (Lipinski definition) is 3. The fourth-order valence-corrected chi connectivity index (χ4v) is 3.90. The molecule has 0 saturated heterocycles. The van der Waals surface area contributed by atoms with Gasteiger partial charge in [0.2, 0.25) is 11.8 Å². The number of carbonyl (C=O) groups excluding carboxylic acids is 1. The van der Waals surface area contributed by atoms with E-state index in [9.17, 15) is 4.79 Å². The molecule has 0 bridgehead atoms. The molecule has 1 fully saturated rings. The molecular weight excluding hydrogens is 386 g/mol.